The van der Waals surface area contributed by atoms with Crippen LogP contribution in [0.3, 0.4) is 0 Å². The predicted octanol–water partition coefficient (Wildman–Crippen LogP) is 1.69. The van der Waals surface area contributed by atoms with Crippen LogP contribution < -0.4 is 0 Å². The van der Waals surface area contributed by atoms with Crippen LogP contribution in [0.2, 0.25) is 5.02 Å². The van der Waals surface area contributed by atoms with E-state index in [1.165, 1.54) is 18.2 Å². The van der Waals surface area contributed by atoms with E-state index in [-0.39, 0.29) is 16.3 Å². The van der Waals surface area contributed by atoms with Gasteiger partial charge in [-0.1, -0.05) is 17.7 Å². The standard InChI is InChI=1S/C10H9ClO5/c11-6-2-1-3-7(12)9(6)5(10(15)16)4-8(13)14/h1-3,5,12H,4H2,(H,13,14)(H,15,16). The van der Waals surface area contributed by atoms with Crippen LogP contribution in [0.5, 0.6) is 5.75 Å². The highest BCUT2D eigenvalue weighted by atomic mass is 35.5. The number of aliphatic carboxylic acids is 2. The van der Waals surface area contributed by atoms with Gasteiger partial charge in [0.05, 0.1) is 12.3 Å². The highest BCUT2D eigenvalue weighted by molar-refractivity contribution is 6.31. The number of halogens is 1. The van der Waals surface area contributed by atoms with Gasteiger partial charge in [0, 0.05) is 10.6 Å². The molecule has 3 N–H and O–H groups in total. The van der Waals surface area contributed by atoms with E-state index in [0.717, 1.165) is 0 Å². The summed E-state index contributed by atoms with van der Waals surface area (Å²) in [5, 5.41) is 27.0. The summed E-state index contributed by atoms with van der Waals surface area (Å²) in [4.78, 5) is 21.4. The molecule has 0 aliphatic rings. The molecule has 1 aromatic rings. The van der Waals surface area contributed by atoms with Gasteiger partial charge in [0.15, 0.2) is 0 Å². The van der Waals surface area contributed by atoms with Gasteiger partial charge in [-0.25, -0.2) is 0 Å². The zero-order chi connectivity index (χ0) is 12.3. The smallest absolute Gasteiger partial charge is 0.311 e. The molecule has 1 atom stereocenters. The minimum Gasteiger partial charge on any atom is -0.508 e. The van der Waals surface area contributed by atoms with Crippen LogP contribution in [0.15, 0.2) is 18.2 Å². The predicted molar refractivity (Wildman–Crippen MR) is 55.7 cm³/mol. The van der Waals surface area contributed by atoms with Crippen molar-refractivity contribution in [1.82, 2.24) is 0 Å². The van der Waals surface area contributed by atoms with Crippen LogP contribution in [0, 0.1) is 0 Å². The molecule has 16 heavy (non-hydrogen) atoms. The molecule has 0 aliphatic carbocycles. The molecule has 1 aromatic carbocycles. The molecule has 1 rings (SSSR count). The van der Waals surface area contributed by atoms with Crippen LogP contribution >= 0.6 is 11.6 Å². The number of carbonyl (C=O) groups is 2. The van der Waals surface area contributed by atoms with Crippen molar-refractivity contribution in [3.63, 3.8) is 0 Å². The molecule has 0 bridgehead atoms. The second kappa shape index (κ2) is 4.85. The number of aromatic hydroxyl groups is 1. The zero-order valence-corrected chi connectivity index (χ0v) is 8.81. The van der Waals surface area contributed by atoms with Gasteiger partial charge in [-0.05, 0) is 12.1 Å². The van der Waals surface area contributed by atoms with Crippen molar-refractivity contribution < 1.29 is 24.9 Å². The van der Waals surface area contributed by atoms with Gasteiger partial charge in [-0.3, -0.25) is 9.59 Å². The van der Waals surface area contributed by atoms with Gasteiger partial charge in [0.2, 0.25) is 0 Å². The van der Waals surface area contributed by atoms with E-state index in [4.69, 9.17) is 21.8 Å². The number of phenolic OH excluding ortho intramolecular Hbond substituents is 1. The maximum atomic E-state index is 10.9. The van der Waals surface area contributed by atoms with Crippen molar-refractivity contribution >= 4 is 23.5 Å². The Morgan fingerprint density at radius 1 is 1.31 bits per heavy atom. The van der Waals surface area contributed by atoms with Crippen molar-refractivity contribution in [2.45, 2.75) is 12.3 Å². The van der Waals surface area contributed by atoms with Gasteiger partial charge in [0.1, 0.15) is 5.75 Å². The van der Waals surface area contributed by atoms with E-state index in [2.05, 4.69) is 0 Å². The summed E-state index contributed by atoms with van der Waals surface area (Å²) in [6, 6.07) is 4.11. The topological polar surface area (TPSA) is 94.8 Å². The van der Waals surface area contributed by atoms with Crippen LogP contribution in [-0.2, 0) is 9.59 Å². The number of rotatable bonds is 4. The second-order valence-electron chi connectivity index (χ2n) is 3.16. The maximum Gasteiger partial charge on any atom is 0.311 e. The lowest BCUT2D eigenvalue weighted by molar-refractivity contribution is -0.145. The summed E-state index contributed by atoms with van der Waals surface area (Å²) >= 11 is 5.74. The van der Waals surface area contributed by atoms with E-state index in [1.54, 1.807) is 0 Å². The third kappa shape index (κ3) is 2.64. The summed E-state index contributed by atoms with van der Waals surface area (Å²) < 4.78 is 0. The quantitative estimate of drug-likeness (QED) is 0.749. The molecule has 1 unspecified atom stereocenters. The molecule has 0 aliphatic heterocycles. The molecule has 0 amide bonds. The number of phenols is 1. The Morgan fingerprint density at radius 3 is 2.38 bits per heavy atom. The molecular weight excluding hydrogens is 236 g/mol. The first-order chi connectivity index (χ1) is 7.43. The van der Waals surface area contributed by atoms with Crippen LogP contribution in [-0.4, -0.2) is 27.3 Å². The van der Waals surface area contributed by atoms with Crippen LogP contribution in [0.4, 0.5) is 0 Å². The van der Waals surface area contributed by atoms with Crippen molar-refractivity contribution in [2.75, 3.05) is 0 Å². The lowest BCUT2D eigenvalue weighted by Crippen LogP contribution is -2.16. The van der Waals surface area contributed by atoms with E-state index in [0.29, 0.717) is 0 Å². The van der Waals surface area contributed by atoms with E-state index in [1.807, 2.05) is 0 Å². The molecule has 6 heteroatoms. The Hall–Kier alpha value is -1.75. The van der Waals surface area contributed by atoms with Crippen molar-refractivity contribution in [3.8, 4) is 5.75 Å². The monoisotopic (exact) mass is 244 g/mol. The summed E-state index contributed by atoms with van der Waals surface area (Å²) in [6.45, 7) is 0. The Morgan fingerprint density at radius 2 is 1.94 bits per heavy atom. The normalized spacial score (nSPS) is 12.1. The van der Waals surface area contributed by atoms with E-state index >= 15 is 0 Å². The molecule has 5 nitrogen and oxygen atoms in total. The zero-order valence-electron chi connectivity index (χ0n) is 8.05. The van der Waals surface area contributed by atoms with Gasteiger partial charge >= 0.3 is 11.9 Å². The summed E-state index contributed by atoms with van der Waals surface area (Å²) in [5.41, 5.74) is -0.0703. The number of hydrogen-bond acceptors (Lipinski definition) is 3. The fourth-order valence-electron chi connectivity index (χ4n) is 1.36. The largest absolute Gasteiger partial charge is 0.508 e. The van der Waals surface area contributed by atoms with Gasteiger partial charge in [0.25, 0.3) is 0 Å². The lowest BCUT2D eigenvalue weighted by Gasteiger charge is -2.13. The van der Waals surface area contributed by atoms with E-state index in [9.17, 15) is 14.7 Å². The average molecular weight is 245 g/mol. The average Bonchev–Trinajstić information content (AvgIpc) is 2.15. The lowest BCUT2D eigenvalue weighted by atomic mass is 9.95. The van der Waals surface area contributed by atoms with Gasteiger partial charge < -0.3 is 15.3 Å². The van der Waals surface area contributed by atoms with Crippen LogP contribution in [0.25, 0.3) is 0 Å². The fourth-order valence-corrected chi connectivity index (χ4v) is 1.66. The summed E-state index contributed by atoms with van der Waals surface area (Å²) in [5.74, 6) is -4.29. The van der Waals surface area contributed by atoms with Gasteiger partial charge in [-0.15, -0.1) is 0 Å². The Kier molecular flexibility index (Phi) is 3.73. The minimum absolute atomic E-state index is 0.0358. The maximum absolute atomic E-state index is 10.9. The van der Waals surface area contributed by atoms with Gasteiger partial charge in [-0.2, -0.15) is 0 Å². The third-order valence-corrected chi connectivity index (χ3v) is 2.38. The molecule has 0 aromatic heterocycles. The Bertz CT molecular complexity index is 409. The third-order valence-electron chi connectivity index (χ3n) is 2.06. The molecule has 0 radical (unpaired) electrons. The summed E-state index contributed by atoms with van der Waals surface area (Å²) in [6.07, 6.45) is -0.632. The highest BCUT2D eigenvalue weighted by Crippen LogP contribution is 2.34. The molecule has 0 spiro atoms. The van der Waals surface area contributed by atoms with Crippen molar-refractivity contribution in [1.29, 1.82) is 0 Å². The first-order valence-electron chi connectivity index (χ1n) is 4.35. The van der Waals surface area contributed by atoms with Crippen molar-refractivity contribution in [3.05, 3.63) is 28.8 Å². The molecule has 86 valence electrons. The summed E-state index contributed by atoms with van der Waals surface area (Å²) in [7, 11) is 0. The number of hydrogen-bond donors (Lipinski definition) is 3. The highest BCUT2D eigenvalue weighted by Gasteiger charge is 2.27. The molecular formula is C10H9ClO5. The van der Waals surface area contributed by atoms with Crippen LogP contribution in [0.1, 0.15) is 17.9 Å². The number of carboxylic acids is 2. The first kappa shape index (κ1) is 12.3. The second-order valence-corrected chi connectivity index (χ2v) is 3.57. The first-order valence-corrected chi connectivity index (χ1v) is 4.73. The Balaban J connectivity index is 3.20. The molecule has 0 saturated carbocycles. The molecule has 0 heterocycles. The SMILES string of the molecule is O=C(O)CC(C(=O)O)c1c(O)cccc1Cl. The minimum atomic E-state index is -1.36. The van der Waals surface area contributed by atoms with E-state index < -0.39 is 24.3 Å². The fraction of sp³-hybridized carbons (Fsp3) is 0.200. The molecule has 0 fully saturated rings. The van der Waals surface area contributed by atoms with Crippen molar-refractivity contribution in [2.24, 2.45) is 0 Å². The Labute approximate surface area is 95.9 Å². The number of carboxylic acid groups (broad SMARTS) is 2. The number of benzene rings is 1. The molecule has 0 saturated heterocycles.